The van der Waals surface area contributed by atoms with E-state index in [1.54, 1.807) is 36.4 Å². The molecule has 4 rings (SSSR count). The second-order valence-corrected chi connectivity index (χ2v) is 10.2. The molecule has 0 saturated carbocycles. The average molecular weight is 520 g/mol. The van der Waals surface area contributed by atoms with E-state index < -0.39 is 17.7 Å². The van der Waals surface area contributed by atoms with Crippen LogP contribution in [0.15, 0.2) is 72.3 Å². The highest BCUT2D eigenvalue weighted by Gasteiger charge is 2.47. The molecule has 0 bridgehead atoms. The average Bonchev–Trinajstić information content (AvgIpc) is 3.14. The number of rotatable bonds is 6. The fraction of sp³-hybridized carbons (Fsp3) is 0.267. The van der Waals surface area contributed by atoms with E-state index in [1.807, 2.05) is 31.2 Å². The molecule has 37 heavy (non-hydrogen) atoms. The van der Waals surface area contributed by atoms with Gasteiger partial charge in [0, 0.05) is 11.3 Å². The number of Topliss-reactive ketones (excluding diaryl/α,β-unsaturated/α-hetero) is 1. The SMILES string of the molecule is CCOc1ccc(N2C(=O)C(=O)/C(=C(\O)c3ccc(OC)c(Cl)c3)C2c2ccc(C(C)(C)C)cc2)cc1. The fourth-order valence-corrected chi connectivity index (χ4v) is 4.68. The number of aliphatic hydroxyl groups is 1. The number of aliphatic hydroxyl groups excluding tert-OH is 1. The second kappa shape index (κ2) is 10.3. The maximum Gasteiger partial charge on any atom is 0.300 e. The molecule has 1 heterocycles. The predicted octanol–water partition coefficient (Wildman–Crippen LogP) is 6.67. The quantitative estimate of drug-likeness (QED) is 0.223. The van der Waals surface area contributed by atoms with Gasteiger partial charge in [0.2, 0.25) is 0 Å². The summed E-state index contributed by atoms with van der Waals surface area (Å²) in [6, 6.07) is 18.6. The molecule has 6 nitrogen and oxygen atoms in total. The minimum absolute atomic E-state index is 0.0105. The summed E-state index contributed by atoms with van der Waals surface area (Å²) in [7, 11) is 1.49. The lowest BCUT2D eigenvalue weighted by molar-refractivity contribution is -0.132. The minimum Gasteiger partial charge on any atom is -0.507 e. The van der Waals surface area contributed by atoms with E-state index in [9.17, 15) is 14.7 Å². The lowest BCUT2D eigenvalue weighted by Crippen LogP contribution is -2.29. The largest absolute Gasteiger partial charge is 0.507 e. The highest BCUT2D eigenvalue weighted by Crippen LogP contribution is 2.43. The van der Waals surface area contributed by atoms with Crippen LogP contribution in [0.2, 0.25) is 5.02 Å². The Balaban J connectivity index is 1.89. The monoisotopic (exact) mass is 519 g/mol. The summed E-state index contributed by atoms with van der Waals surface area (Å²) in [4.78, 5) is 28.2. The lowest BCUT2D eigenvalue weighted by atomic mass is 9.85. The number of carbonyl (C=O) groups is 2. The molecule has 1 N–H and O–H groups in total. The van der Waals surface area contributed by atoms with Gasteiger partial charge in [-0.1, -0.05) is 56.6 Å². The van der Waals surface area contributed by atoms with Crippen molar-refractivity contribution in [2.75, 3.05) is 18.6 Å². The molecule has 0 aromatic heterocycles. The Morgan fingerprint density at radius 2 is 1.65 bits per heavy atom. The first-order valence-electron chi connectivity index (χ1n) is 12.0. The smallest absolute Gasteiger partial charge is 0.300 e. The van der Waals surface area contributed by atoms with Crippen molar-refractivity contribution >= 4 is 34.7 Å². The van der Waals surface area contributed by atoms with Crippen molar-refractivity contribution in [3.8, 4) is 11.5 Å². The van der Waals surface area contributed by atoms with E-state index in [0.29, 0.717) is 34.9 Å². The summed E-state index contributed by atoms with van der Waals surface area (Å²) in [6.07, 6.45) is 0. The molecule has 3 aromatic rings. The first-order chi connectivity index (χ1) is 17.6. The van der Waals surface area contributed by atoms with Gasteiger partial charge in [-0.15, -0.1) is 0 Å². The summed E-state index contributed by atoms with van der Waals surface area (Å²) in [6.45, 7) is 8.73. The Bertz CT molecular complexity index is 1350. The molecule has 0 aliphatic carbocycles. The van der Waals surface area contributed by atoms with Crippen LogP contribution in [-0.4, -0.2) is 30.5 Å². The molecule has 1 saturated heterocycles. The third-order valence-corrected chi connectivity index (χ3v) is 6.68. The summed E-state index contributed by atoms with van der Waals surface area (Å²) < 4.78 is 10.7. The molecule has 1 unspecified atom stereocenters. The minimum atomic E-state index is -0.840. The third kappa shape index (κ3) is 5.07. The molecule has 3 aromatic carbocycles. The number of nitrogens with zero attached hydrogens (tertiary/aromatic N) is 1. The Morgan fingerprint density at radius 3 is 2.19 bits per heavy atom. The van der Waals surface area contributed by atoms with Crippen LogP contribution in [0.25, 0.3) is 5.76 Å². The molecule has 1 fully saturated rings. The Labute approximate surface area is 222 Å². The molecule has 1 aliphatic heterocycles. The zero-order valence-corrected chi connectivity index (χ0v) is 22.3. The van der Waals surface area contributed by atoms with Crippen molar-refractivity contribution in [1.82, 2.24) is 0 Å². The Hall–Kier alpha value is -3.77. The first-order valence-corrected chi connectivity index (χ1v) is 12.4. The number of hydrogen-bond donors (Lipinski definition) is 1. The zero-order valence-electron chi connectivity index (χ0n) is 21.5. The summed E-state index contributed by atoms with van der Waals surface area (Å²) in [5, 5.41) is 11.6. The molecule has 0 radical (unpaired) electrons. The van der Waals surface area contributed by atoms with Crippen molar-refractivity contribution in [3.63, 3.8) is 0 Å². The Kier molecular flexibility index (Phi) is 7.32. The van der Waals surface area contributed by atoms with Crippen molar-refractivity contribution < 1.29 is 24.2 Å². The summed E-state index contributed by atoms with van der Waals surface area (Å²) >= 11 is 6.29. The van der Waals surface area contributed by atoms with E-state index >= 15 is 0 Å². The molecule has 0 spiro atoms. The van der Waals surface area contributed by atoms with Crippen LogP contribution in [0.3, 0.4) is 0 Å². The topological polar surface area (TPSA) is 76.1 Å². The number of halogens is 1. The lowest BCUT2D eigenvalue weighted by Gasteiger charge is -2.27. The van der Waals surface area contributed by atoms with E-state index in [0.717, 1.165) is 5.56 Å². The van der Waals surface area contributed by atoms with Gasteiger partial charge in [-0.25, -0.2) is 0 Å². The fourth-order valence-electron chi connectivity index (χ4n) is 4.42. The number of hydrogen-bond acceptors (Lipinski definition) is 5. The van der Waals surface area contributed by atoms with E-state index in [-0.39, 0.29) is 21.8 Å². The van der Waals surface area contributed by atoms with Gasteiger partial charge in [-0.3, -0.25) is 14.5 Å². The maximum atomic E-state index is 13.4. The first kappa shape index (κ1) is 26.3. The van der Waals surface area contributed by atoms with E-state index in [4.69, 9.17) is 21.1 Å². The van der Waals surface area contributed by atoms with Crippen LogP contribution in [-0.2, 0) is 15.0 Å². The van der Waals surface area contributed by atoms with Gasteiger partial charge in [0.15, 0.2) is 0 Å². The van der Waals surface area contributed by atoms with E-state index in [1.165, 1.54) is 18.1 Å². The molecule has 7 heteroatoms. The zero-order chi connectivity index (χ0) is 26.9. The number of carbonyl (C=O) groups excluding carboxylic acids is 2. The van der Waals surface area contributed by atoms with Crippen LogP contribution in [0, 0.1) is 0 Å². The molecule has 1 amide bonds. The van der Waals surface area contributed by atoms with Gasteiger partial charge < -0.3 is 14.6 Å². The molecule has 1 aliphatic rings. The van der Waals surface area contributed by atoms with Gasteiger partial charge in [0.1, 0.15) is 17.3 Å². The number of methoxy groups -OCH3 is 1. The van der Waals surface area contributed by atoms with Crippen LogP contribution < -0.4 is 14.4 Å². The Morgan fingerprint density at radius 1 is 1.00 bits per heavy atom. The number of benzene rings is 3. The number of ether oxygens (including phenoxy) is 2. The van der Waals surface area contributed by atoms with Crippen LogP contribution >= 0.6 is 11.6 Å². The predicted molar refractivity (Wildman–Crippen MR) is 146 cm³/mol. The van der Waals surface area contributed by atoms with Gasteiger partial charge in [0.25, 0.3) is 11.7 Å². The van der Waals surface area contributed by atoms with Gasteiger partial charge in [-0.05, 0) is 65.9 Å². The van der Waals surface area contributed by atoms with Crippen molar-refractivity contribution in [2.24, 2.45) is 0 Å². The standard InChI is InChI=1S/C30H30ClNO5/c1-6-37-22-14-12-21(13-15-22)32-26(18-7-10-20(11-8-18)30(2,3)4)25(28(34)29(32)35)27(33)19-9-16-24(36-5)23(31)17-19/h7-17,26,33H,6H2,1-5H3/b27-25-. The molecular weight excluding hydrogens is 490 g/mol. The van der Waals surface area contributed by atoms with Crippen molar-refractivity contribution in [3.05, 3.63) is 94.0 Å². The van der Waals surface area contributed by atoms with Crippen molar-refractivity contribution in [2.45, 2.75) is 39.2 Å². The number of ketones is 1. The van der Waals surface area contributed by atoms with E-state index in [2.05, 4.69) is 20.8 Å². The van der Waals surface area contributed by atoms with Crippen LogP contribution in [0.1, 0.15) is 50.4 Å². The number of amides is 1. The molecule has 192 valence electrons. The highest BCUT2D eigenvalue weighted by molar-refractivity contribution is 6.51. The second-order valence-electron chi connectivity index (χ2n) is 9.82. The number of anilines is 1. The summed E-state index contributed by atoms with van der Waals surface area (Å²) in [5.41, 5.74) is 2.55. The van der Waals surface area contributed by atoms with Crippen molar-refractivity contribution in [1.29, 1.82) is 0 Å². The molecular formula is C30H30ClNO5. The van der Waals surface area contributed by atoms with Gasteiger partial charge in [-0.2, -0.15) is 0 Å². The van der Waals surface area contributed by atoms with Crippen LogP contribution in [0.5, 0.6) is 11.5 Å². The third-order valence-electron chi connectivity index (χ3n) is 6.39. The summed E-state index contributed by atoms with van der Waals surface area (Å²) in [5.74, 6) is -0.719. The normalized spacial score (nSPS) is 17.2. The van der Waals surface area contributed by atoms with Crippen LogP contribution in [0.4, 0.5) is 5.69 Å². The van der Waals surface area contributed by atoms with Gasteiger partial charge in [0.05, 0.1) is 30.4 Å². The van der Waals surface area contributed by atoms with Gasteiger partial charge >= 0.3 is 0 Å². The molecule has 1 atom stereocenters. The maximum absolute atomic E-state index is 13.4. The highest BCUT2D eigenvalue weighted by atomic mass is 35.5.